The molecule has 0 spiro atoms. The van der Waals surface area contributed by atoms with Crippen LogP contribution in [0.5, 0.6) is 0 Å². The Kier molecular flexibility index (Phi) is 9.55. The number of aromatic nitrogens is 3. The molecule has 0 aliphatic heterocycles. The number of ether oxygens (including phenoxy) is 2. The fourth-order valence-electron chi connectivity index (χ4n) is 4.56. The van der Waals surface area contributed by atoms with Crippen molar-refractivity contribution in [3.63, 3.8) is 0 Å². The van der Waals surface area contributed by atoms with E-state index in [1.807, 2.05) is 53.7 Å². The first-order chi connectivity index (χ1) is 15.4. The molecule has 186 valence electrons. The van der Waals surface area contributed by atoms with Crippen molar-refractivity contribution in [2.24, 2.45) is 18.7 Å². The maximum absolute atomic E-state index is 13.4. The van der Waals surface area contributed by atoms with E-state index >= 15 is 0 Å². The van der Waals surface area contributed by atoms with Crippen LogP contribution in [-0.2, 0) is 36.2 Å². The number of Topliss-reactive ketones (excluding diaryl/α,β-unsaturated/α-hetero) is 1. The van der Waals surface area contributed by atoms with E-state index in [1.165, 1.54) is 0 Å². The van der Waals surface area contributed by atoms with Gasteiger partial charge in [-0.3, -0.25) is 4.79 Å². The number of halogens is 2. The van der Waals surface area contributed by atoms with E-state index in [0.717, 1.165) is 40.8 Å². The molecule has 1 aromatic carbocycles. The third kappa shape index (κ3) is 5.40. The number of fused-ring (bicyclic) bond motifs is 3. The van der Waals surface area contributed by atoms with Crippen LogP contribution in [0, 0.1) is 12.8 Å². The zero-order chi connectivity index (χ0) is 22.8. The van der Waals surface area contributed by atoms with E-state index in [1.54, 1.807) is 6.92 Å². The molecule has 8 nitrogen and oxygen atoms in total. The van der Waals surface area contributed by atoms with E-state index in [2.05, 4.69) is 10.6 Å². The van der Waals surface area contributed by atoms with E-state index in [-0.39, 0.29) is 49.4 Å². The molecule has 2 N–H and O–H groups in total. The van der Waals surface area contributed by atoms with E-state index in [4.69, 9.17) is 15.2 Å². The molecule has 2 aromatic heterocycles. The molecule has 2 heterocycles. The number of nitrogens with two attached hydrogens (primary N) is 1. The van der Waals surface area contributed by atoms with Gasteiger partial charge < -0.3 is 32.2 Å². The van der Waals surface area contributed by atoms with Gasteiger partial charge in [0.15, 0.2) is 5.78 Å². The number of ketones is 1. The van der Waals surface area contributed by atoms with Crippen LogP contribution in [0.25, 0.3) is 10.9 Å². The zero-order valence-electron chi connectivity index (χ0n) is 19.7. The van der Waals surface area contributed by atoms with E-state index in [0.29, 0.717) is 19.5 Å². The molecule has 1 aliphatic carbocycles. The fourth-order valence-corrected chi connectivity index (χ4v) is 4.56. The molecule has 34 heavy (non-hydrogen) atoms. The normalized spacial score (nSPS) is 15.8. The number of hydrogen-bond acceptors (Lipinski definition) is 5. The van der Waals surface area contributed by atoms with Gasteiger partial charge >= 0.3 is 6.16 Å². The maximum atomic E-state index is 13.4. The molecule has 2 unspecified atom stereocenters. The Morgan fingerprint density at radius 1 is 1.32 bits per heavy atom. The third-order valence-corrected chi connectivity index (χ3v) is 6.44. The minimum atomic E-state index is -0.712. The lowest BCUT2D eigenvalue weighted by Crippen LogP contribution is -3.00. The van der Waals surface area contributed by atoms with Gasteiger partial charge in [0.1, 0.15) is 25.0 Å². The molecule has 1 aliphatic rings. The highest BCUT2D eigenvalue weighted by atomic mass is 35.5. The summed E-state index contributed by atoms with van der Waals surface area (Å²) in [5.41, 5.74) is 8.57. The summed E-state index contributed by atoms with van der Waals surface area (Å²) in [6.07, 6.45) is 5.07. The number of aryl methyl sites for hydroxylation is 1. The lowest BCUT2D eigenvalue weighted by Gasteiger charge is -2.21. The average molecular weight is 511 g/mol. The summed E-state index contributed by atoms with van der Waals surface area (Å²) in [5, 5.41) is 1.04. The van der Waals surface area contributed by atoms with Crippen LogP contribution in [0.2, 0.25) is 0 Å². The lowest BCUT2D eigenvalue weighted by molar-refractivity contribution is -0.732. The van der Waals surface area contributed by atoms with E-state index in [9.17, 15) is 9.59 Å². The Hall–Kier alpha value is -2.55. The van der Waals surface area contributed by atoms with Gasteiger partial charge in [0, 0.05) is 36.1 Å². The van der Waals surface area contributed by atoms with Crippen LogP contribution < -0.4 is 22.7 Å². The van der Waals surface area contributed by atoms with Gasteiger partial charge in [-0.2, -0.15) is 4.57 Å². The third-order valence-electron chi connectivity index (χ3n) is 6.44. The number of carbonyl (C=O) groups excluding carboxylic acids is 2. The highest BCUT2D eigenvalue weighted by molar-refractivity contribution is 6.11. The number of carbonyl (C=O) groups is 2. The smallest absolute Gasteiger partial charge is 0.511 e. The first kappa shape index (κ1) is 27.7. The van der Waals surface area contributed by atoms with Gasteiger partial charge in [-0.15, -0.1) is 12.4 Å². The number of para-hydroxylation sites is 1. The monoisotopic (exact) mass is 510 g/mol. The molecule has 3 aromatic rings. The number of hydrogen-bond donors (Lipinski definition) is 1. The predicted octanol–water partition coefficient (Wildman–Crippen LogP) is 0.295. The Balaban J connectivity index is 0.00000204. The summed E-state index contributed by atoms with van der Waals surface area (Å²) in [6, 6.07) is 8.10. The summed E-state index contributed by atoms with van der Waals surface area (Å²) in [7, 11) is 2.04. The second kappa shape index (κ2) is 11.7. The topological polar surface area (TPSA) is 92.4 Å². The highest BCUT2D eigenvalue weighted by Crippen LogP contribution is 2.34. The van der Waals surface area contributed by atoms with Crippen molar-refractivity contribution in [2.45, 2.75) is 52.5 Å². The van der Waals surface area contributed by atoms with Crippen LogP contribution in [0.1, 0.15) is 41.6 Å². The molecule has 0 amide bonds. The molecular weight excluding hydrogens is 479 g/mol. The maximum Gasteiger partial charge on any atom is 0.511 e. The van der Waals surface area contributed by atoms with E-state index < -0.39 is 6.16 Å². The van der Waals surface area contributed by atoms with Gasteiger partial charge in [0.05, 0.1) is 5.92 Å². The minimum Gasteiger partial charge on any atom is -1.00 e. The summed E-state index contributed by atoms with van der Waals surface area (Å²) in [6.45, 7) is 4.83. The quantitative estimate of drug-likeness (QED) is 0.364. The Bertz CT molecular complexity index is 1160. The van der Waals surface area contributed by atoms with Crippen molar-refractivity contribution in [1.29, 1.82) is 0 Å². The Morgan fingerprint density at radius 2 is 2.06 bits per heavy atom. The number of imidazole rings is 1. The zero-order valence-corrected chi connectivity index (χ0v) is 21.3. The standard InChI is InChI=1S/C24H31N4O4.2ClH/c1-16(10-11-25)32-24(30)31-15-28-13-12-27(17(28)2)14-18-8-9-21-22(23(18)29)19-6-4-5-7-20(19)26(21)3;;/h4-7,12-13,16,18H,8-11,14-15,25H2,1-3H3;2*1H/q+1;;/p-1. The van der Waals surface area contributed by atoms with Crippen molar-refractivity contribution >= 4 is 35.2 Å². The van der Waals surface area contributed by atoms with Crippen molar-refractivity contribution in [1.82, 2.24) is 9.13 Å². The van der Waals surface area contributed by atoms with Gasteiger partial charge in [-0.25, -0.2) is 9.36 Å². The van der Waals surface area contributed by atoms with Gasteiger partial charge in [-0.1, -0.05) is 18.2 Å². The fraction of sp³-hybridized carbons (Fsp3) is 0.458. The van der Waals surface area contributed by atoms with Crippen LogP contribution >= 0.6 is 12.4 Å². The van der Waals surface area contributed by atoms with Crippen LogP contribution in [0.15, 0.2) is 36.7 Å². The molecule has 0 radical (unpaired) electrons. The molecule has 2 atom stereocenters. The number of nitrogens with zero attached hydrogens (tertiary/aromatic N) is 3. The van der Waals surface area contributed by atoms with Crippen LogP contribution in [-0.4, -0.2) is 33.7 Å². The lowest BCUT2D eigenvalue weighted by atomic mass is 9.85. The van der Waals surface area contributed by atoms with Crippen molar-refractivity contribution in [3.05, 3.63) is 53.7 Å². The van der Waals surface area contributed by atoms with Gasteiger partial charge in [-0.05, 0) is 38.8 Å². The molecular formula is C24H32Cl2N4O4. The van der Waals surface area contributed by atoms with Gasteiger partial charge in [0.2, 0.25) is 6.73 Å². The minimum absolute atomic E-state index is 0. The molecule has 0 bridgehead atoms. The SMILES string of the molecule is Cc1n(CC2CCc3c(c4ccccc4n3C)C2=O)cc[n+]1COC(=O)OC(C)CCN.Cl.[Cl-]. The molecule has 0 saturated carbocycles. The molecule has 10 heteroatoms. The second-order valence-electron chi connectivity index (χ2n) is 8.49. The van der Waals surface area contributed by atoms with Crippen molar-refractivity contribution in [2.75, 3.05) is 6.54 Å². The van der Waals surface area contributed by atoms with Crippen molar-refractivity contribution < 1.29 is 36.0 Å². The predicted molar refractivity (Wildman–Crippen MR) is 126 cm³/mol. The summed E-state index contributed by atoms with van der Waals surface area (Å²) in [4.78, 5) is 25.3. The van der Waals surface area contributed by atoms with Crippen LogP contribution in [0.3, 0.4) is 0 Å². The second-order valence-corrected chi connectivity index (χ2v) is 8.49. The molecule has 4 rings (SSSR count). The molecule has 0 fully saturated rings. The largest absolute Gasteiger partial charge is 1.00 e. The van der Waals surface area contributed by atoms with Crippen LogP contribution in [0.4, 0.5) is 4.79 Å². The number of rotatable bonds is 7. The first-order valence-corrected chi connectivity index (χ1v) is 11.1. The Labute approximate surface area is 211 Å². The molecule has 0 saturated heterocycles. The Morgan fingerprint density at radius 3 is 2.79 bits per heavy atom. The first-order valence-electron chi connectivity index (χ1n) is 11.1. The number of benzene rings is 1. The van der Waals surface area contributed by atoms with Crippen molar-refractivity contribution in [3.8, 4) is 0 Å². The highest BCUT2D eigenvalue weighted by Gasteiger charge is 2.34. The summed E-state index contributed by atoms with van der Waals surface area (Å²) in [5.74, 6) is 1.02. The average Bonchev–Trinajstić information content (AvgIpc) is 3.26. The van der Waals surface area contributed by atoms with Gasteiger partial charge in [0.25, 0.3) is 5.82 Å². The summed E-state index contributed by atoms with van der Waals surface area (Å²) < 4.78 is 16.4. The summed E-state index contributed by atoms with van der Waals surface area (Å²) >= 11 is 0.